The van der Waals surface area contributed by atoms with Crippen molar-refractivity contribution < 1.29 is 20.1 Å². The molecule has 2 unspecified atom stereocenters. The number of nitro benzene ring substituents is 2. The van der Waals surface area contributed by atoms with Crippen LogP contribution in [0.15, 0.2) is 34.3 Å². The molecule has 204 valence electrons. The average molecular weight is 525 g/mol. The molecule has 2 aromatic carbocycles. The van der Waals surface area contributed by atoms with Gasteiger partial charge in [0.25, 0.3) is 5.69 Å². The minimum Gasteiger partial charge on any atom is -0.507 e. The number of phenols is 2. The second-order valence-electron chi connectivity index (χ2n) is 11.9. The Hall–Kier alpha value is -3.82. The van der Waals surface area contributed by atoms with Gasteiger partial charge >= 0.3 is 5.69 Å². The second kappa shape index (κ2) is 10.9. The Kier molecular flexibility index (Phi) is 8.24. The molecule has 2 atom stereocenters. The zero-order chi connectivity index (χ0) is 28.4. The van der Waals surface area contributed by atoms with E-state index >= 15 is 0 Å². The van der Waals surface area contributed by atoms with Crippen molar-refractivity contribution in [3.8, 4) is 11.5 Å². The van der Waals surface area contributed by atoms with Gasteiger partial charge in [0.2, 0.25) is 5.75 Å². The van der Waals surface area contributed by atoms with E-state index in [4.69, 9.17) is 4.99 Å². The van der Waals surface area contributed by atoms with Crippen LogP contribution in [0.25, 0.3) is 0 Å². The largest absolute Gasteiger partial charge is 0.507 e. The zero-order valence-electron chi connectivity index (χ0n) is 22.8. The summed E-state index contributed by atoms with van der Waals surface area (Å²) in [5, 5.41) is 43.9. The van der Waals surface area contributed by atoms with Gasteiger partial charge in [-0.05, 0) is 35.3 Å². The molecule has 0 amide bonds. The first-order valence-electron chi connectivity index (χ1n) is 12.7. The Bertz CT molecular complexity index is 1290. The van der Waals surface area contributed by atoms with Crippen molar-refractivity contribution in [3.63, 3.8) is 0 Å². The minimum absolute atomic E-state index is 0.0930. The third-order valence-electron chi connectivity index (χ3n) is 6.83. The van der Waals surface area contributed by atoms with E-state index in [1.807, 2.05) is 12.1 Å². The van der Waals surface area contributed by atoms with Gasteiger partial charge in [0, 0.05) is 35.2 Å². The number of nitro groups is 2. The molecule has 0 bridgehead atoms. The Labute approximate surface area is 222 Å². The predicted molar refractivity (Wildman–Crippen MR) is 148 cm³/mol. The third-order valence-corrected chi connectivity index (χ3v) is 6.83. The van der Waals surface area contributed by atoms with Crippen molar-refractivity contribution in [3.05, 3.63) is 66.7 Å². The second-order valence-corrected chi connectivity index (χ2v) is 11.9. The number of non-ortho nitro benzene ring substituents is 1. The number of aliphatic imine (C=N–C) groups is 2. The fraction of sp³-hybridized carbons (Fsp3) is 0.500. The summed E-state index contributed by atoms with van der Waals surface area (Å²) in [6.07, 6.45) is 6.26. The van der Waals surface area contributed by atoms with Crippen LogP contribution in [0.4, 0.5) is 11.4 Å². The molecule has 10 heteroatoms. The lowest BCUT2D eigenvalue weighted by Crippen LogP contribution is -2.27. The molecule has 0 radical (unpaired) electrons. The average Bonchev–Trinajstić information content (AvgIpc) is 2.81. The number of rotatable bonds is 6. The summed E-state index contributed by atoms with van der Waals surface area (Å²) in [7, 11) is 0. The highest BCUT2D eigenvalue weighted by Crippen LogP contribution is 2.38. The summed E-state index contributed by atoms with van der Waals surface area (Å²) >= 11 is 0. The molecule has 1 aliphatic carbocycles. The lowest BCUT2D eigenvalue weighted by Gasteiger charge is -2.27. The summed E-state index contributed by atoms with van der Waals surface area (Å²) in [5.74, 6) is -0.474. The van der Waals surface area contributed by atoms with Crippen molar-refractivity contribution in [2.45, 2.75) is 90.1 Å². The minimum atomic E-state index is -0.864. The molecule has 0 aromatic heterocycles. The highest BCUT2D eigenvalue weighted by molar-refractivity contribution is 5.87. The quantitative estimate of drug-likeness (QED) is 0.255. The smallest absolute Gasteiger partial charge is 0.318 e. The molecule has 1 saturated carbocycles. The van der Waals surface area contributed by atoms with E-state index in [-0.39, 0.29) is 34.2 Å². The van der Waals surface area contributed by atoms with Gasteiger partial charge in [-0.1, -0.05) is 60.5 Å². The van der Waals surface area contributed by atoms with Crippen LogP contribution in [0.2, 0.25) is 0 Å². The number of hydrogen-bond donors (Lipinski definition) is 2. The molecule has 0 heterocycles. The highest BCUT2D eigenvalue weighted by atomic mass is 16.6. The Morgan fingerprint density at radius 2 is 1.32 bits per heavy atom. The van der Waals surface area contributed by atoms with Crippen molar-refractivity contribution >= 4 is 23.8 Å². The molecule has 0 saturated heterocycles. The number of phenolic OH excluding ortho intramolecular Hbond substituents is 2. The highest BCUT2D eigenvalue weighted by Gasteiger charge is 2.27. The van der Waals surface area contributed by atoms with Gasteiger partial charge in [-0.2, -0.15) is 0 Å². The number of benzene rings is 2. The molecular weight excluding hydrogens is 488 g/mol. The topological polar surface area (TPSA) is 151 Å². The van der Waals surface area contributed by atoms with Gasteiger partial charge in [0.05, 0.1) is 28.0 Å². The first kappa shape index (κ1) is 28.7. The molecule has 2 N–H and O–H groups in total. The van der Waals surface area contributed by atoms with Gasteiger partial charge < -0.3 is 10.2 Å². The van der Waals surface area contributed by atoms with Gasteiger partial charge in [-0.3, -0.25) is 30.2 Å². The summed E-state index contributed by atoms with van der Waals surface area (Å²) < 4.78 is 0. The van der Waals surface area contributed by atoms with Crippen LogP contribution in [0, 0.1) is 20.2 Å². The first-order valence-corrected chi connectivity index (χ1v) is 12.7. The SMILES string of the molecule is CC(C)(C)c1cc(C=NC2CCCCC2N=Cc2cc([N+](=O)[O-])cc([N+](=O)[O-])c2O)c(O)c(C(C)(C)C)c1. The summed E-state index contributed by atoms with van der Waals surface area (Å²) in [5.41, 5.74) is 0.814. The fourth-order valence-corrected chi connectivity index (χ4v) is 4.52. The van der Waals surface area contributed by atoms with Crippen LogP contribution in [-0.4, -0.2) is 44.6 Å². The van der Waals surface area contributed by atoms with Crippen molar-refractivity contribution in [1.29, 1.82) is 0 Å². The number of hydrogen-bond acceptors (Lipinski definition) is 8. The summed E-state index contributed by atoms with van der Waals surface area (Å²) in [6, 6.07) is 5.29. The molecule has 1 aliphatic rings. The fourth-order valence-electron chi connectivity index (χ4n) is 4.52. The van der Waals surface area contributed by atoms with Crippen LogP contribution < -0.4 is 0 Å². The molecule has 2 aromatic rings. The van der Waals surface area contributed by atoms with Crippen LogP contribution in [-0.2, 0) is 10.8 Å². The van der Waals surface area contributed by atoms with Crippen LogP contribution in [0.5, 0.6) is 11.5 Å². The van der Waals surface area contributed by atoms with E-state index in [0.717, 1.165) is 42.5 Å². The third kappa shape index (κ3) is 6.54. The van der Waals surface area contributed by atoms with E-state index in [9.17, 15) is 30.4 Å². The van der Waals surface area contributed by atoms with E-state index in [1.54, 1.807) is 6.21 Å². The lowest BCUT2D eigenvalue weighted by molar-refractivity contribution is -0.394. The molecular formula is C28H36N4O6. The van der Waals surface area contributed by atoms with Gasteiger partial charge in [0.1, 0.15) is 5.75 Å². The molecule has 38 heavy (non-hydrogen) atoms. The van der Waals surface area contributed by atoms with E-state index in [0.29, 0.717) is 12.0 Å². The van der Waals surface area contributed by atoms with E-state index in [1.165, 1.54) is 6.21 Å². The lowest BCUT2D eigenvalue weighted by atomic mass is 9.79. The van der Waals surface area contributed by atoms with Crippen molar-refractivity contribution in [2.75, 3.05) is 0 Å². The molecule has 1 fully saturated rings. The Morgan fingerprint density at radius 3 is 1.76 bits per heavy atom. The van der Waals surface area contributed by atoms with Gasteiger partial charge in [0.15, 0.2) is 0 Å². The monoisotopic (exact) mass is 524 g/mol. The summed E-state index contributed by atoms with van der Waals surface area (Å²) in [4.78, 5) is 30.2. The summed E-state index contributed by atoms with van der Waals surface area (Å²) in [6.45, 7) is 12.5. The van der Waals surface area contributed by atoms with Crippen LogP contribution in [0.3, 0.4) is 0 Å². The molecule has 10 nitrogen and oxygen atoms in total. The van der Waals surface area contributed by atoms with Crippen molar-refractivity contribution in [1.82, 2.24) is 0 Å². The molecule has 3 rings (SSSR count). The van der Waals surface area contributed by atoms with E-state index in [2.05, 4.69) is 46.5 Å². The standard InChI is InChI=1S/C28H36N4O6/c1-27(2,3)19-11-17(25(33)21(13-19)28(4,5)6)15-29-22-9-7-8-10-23(22)30-16-18-12-20(31(35)36)14-24(26(18)34)32(37)38/h11-16,22-23,33-34H,7-10H2,1-6H3. The first-order chi connectivity index (χ1) is 17.6. The zero-order valence-corrected chi connectivity index (χ0v) is 22.8. The maximum atomic E-state index is 11.3. The maximum absolute atomic E-state index is 11.3. The van der Waals surface area contributed by atoms with Crippen LogP contribution in [0.1, 0.15) is 89.5 Å². The van der Waals surface area contributed by atoms with Gasteiger partial charge in [-0.15, -0.1) is 0 Å². The normalized spacial score (nSPS) is 18.8. The predicted octanol–water partition coefficient (Wildman–Crippen LogP) is 6.36. The van der Waals surface area contributed by atoms with E-state index < -0.39 is 27.0 Å². The molecule has 0 spiro atoms. The Morgan fingerprint density at radius 1 is 0.789 bits per heavy atom. The molecule has 0 aliphatic heterocycles. The Balaban J connectivity index is 1.97. The van der Waals surface area contributed by atoms with Crippen molar-refractivity contribution in [2.24, 2.45) is 9.98 Å². The number of nitrogens with zero attached hydrogens (tertiary/aromatic N) is 4. The van der Waals surface area contributed by atoms with Crippen LogP contribution >= 0.6 is 0 Å². The number of aromatic hydroxyl groups is 2. The van der Waals surface area contributed by atoms with Gasteiger partial charge in [-0.25, -0.2) is 0 Å². The maximum Gasteiger partial charge on any atom is 0.318 e.